The molecule has 0 saturated carbocycles. The lowest BCUT2D eigenvalue weighted by Crippen LogP contribution is -2.36. The molecular formula is C20H25ClN2O4. The fourth-order valence-corrected chi connectivity index (χ4v) is 2.83. The van der Waals surface area contributed by atoms with E-state index in [2.05, 4.69) is 5.32 Å². The van der Waals surface area contributed by atoms with Crippen LogP contribution in [0.3, 0.4) is 0 Å². The van der Waals surface area contributed by atoms with Gasteiger partial charge in [-0.15, -0.1) is 0 Å². The number of benzene rings is 2. The van der Waals surface area contributed by atoms with E-state index in [0.29, 0.717) is 40.1 Å². The lowest BCUT2D eigenvalue weighted by Gasteiger charge is -2.26. The summed E-state index contributed by atoms with van der Waals surface area (Å²) in [5, 5.41) is 3.24. The molecule has 2 aromatic carbocycles. The smallest absolute Gasteiger partial charge is 0.255 e. The number of anilines is 1. The number of nitrogens with one attached hydrogen (secondary N) is 1. The molecule has 146 valence electrons. The van der Waals surface area contributed by atoms with E-state index in [-0.39, 0.29) is 11.3 Å². The van der Waals surface area contributed by atoms with Crippen LogP contribution in [0.1, 0.15) is 29.8 Å². The molecule has 0 bridgehead atoms. The second-order valence-electron chi connectivity index (χ2n) is 6.71. The maximum atomic E-state index is 12.7. The minimum Gasteiger partial charge on any atom is -0.496 e. The van der Waals surface area contributed by atoms with E-state index in [1.165, 1.54) is 19.2 Å². The number of hydrogen-bond donors (Lipinski definition) is 2. The zero-order chi connectivity index (χ0) is 20.2. The highest BCUT2D eigenvalue weighted by atomic mass is 35.5. The molecular weight excluding hydrogens is 368 g/mol. The van der Waals surface area contributed by atoms with Crippen molar-refractivity contribution < 1.29 is 19.0 Å². The number of halogens is 1. The van der Waals surface area contributed by atoms with E-state index in [1.807, 2.05) is 32.0 Å². The Balaban J connectivity index is 2.20. The Morgan fingerprint density at radius 3 is 2.26 bits per heavy atom. The van der Waals surface area contributed by atoms with Gasteiger partial charge in [0.2, 0.25) is 0 Å². The van der Waals surface area contributed by atoms with Gasteiger partial charge in [-0.1, -0.05) is 31.5 Å². The predicted octanol–water partition coefficient (Wildman–Crippen LogP) is 3.66. The zero-order valence-electron chi connectivity index (χ0n) is 16.2. The first-order valence-corrected chi connectivity index (χ1v) is 8.75. The van der Waals surface area contributed by atoms with Gasteiger partial charge in [-0.3, -0.25) is 4.79 Å². The first-order valence-electron chi connectivity index (χ1n) is 8.37. The molecule has 0 radical (unpaired) electrons. The fourth-order valence-electron chi connectivity index (χ4n) is 2.67. The molecule has 0 spiro atoms. The van der Waals surface area contributed by atoms with Crippen molar-refractivity contribution in [1.29, 1.82) is 0 Å². The van der Waals surface area contributed by atoms with E-state index < -0.39 is 0 Å². The maximum Gasteiger partial charge on any atom is 0.255 e. The van der Waals surface area contributed by atoms with Crippen LogP contribution in [-0.4, -0.2) is 33.8 Å². The monoisotopic (exact) mass is 392 g/mol. The van der Waals surface area contributed by atoms with Gasteiger partial charge in [-0.25, -0.2) is 0 Å². The highest BCUT2D eigenvalue weighted by molar-refractivity contribution is 6.33. The number of rotatable bonds is 7. The first-order chi connectivity index (χ1) is 12.7. The molecule has 0 aliphatic rings. The number of carbonyl (C=O) groups is 1. The van der Waals surface area contributed by atoms with Crippen LogP contribution in [0, 0.1) is 0 Å². The molecule has 0 saturated heterocycles. The maximum absolute atomic E-state index is 12.7. The number of amides is 1. The molecule has 0 fully saturated rings. The van der Waals surface area contributed by atoms with E-state index in [0.717, 1.165) is 5.56 Å². The number of carbonyl (C=O) groups excluding carboxylic acids is 1. The van der Waals surface area contributed by atoms with Gasteiger partial charge < -0.3 is 25.3 Å². The summed E-state index contributed by atoms with van der Waals surface area (Å²) in [5.41, 5.74) is 7.12. The van der Waals surface area contributed by atoms with Crippen LogP contribution >= 0.6 is 11.6 Å². The van der Waals surface area contributed by atoms with Crippen molar-refractivity contribution in [1.82, 2.24) is 5.32 Å². The number of hydrogen-bond acceptors (Lipinski definition) is 5. The van der Waals surface area contributed by atoms with Crippen LogP contribution in [0.25, 0.3) is 0 Å². The molecule has 3 N–H and O–H groups in total. The Hall–Kier alpha value is -2.60. The molecule has 0 aliphatic heterocycles. The second kappa shape index (κ2) is 8.39. The third-order valence-corrected chi connectivity index (χ3v) is 4.75. The molecule has 0 atom stereocenters. The molecule has 0 unspecified atom stereocenters. The number of nitrogen functional groups attached to an aromatic ring is 1. The molecule has 7 heteroatoms. The second-order valence-corrected chi connectivity index (χ2v) is 7.12. The SMILES string of the molecule is COc1ccc(C(C)(C)CNC(=O)c2cc(Cl)c(N)cc2OC)cc1OC. The highest BCUT2D eigenvalue weighted by Crippen LogP contribution is 2.33. The van der Waals surface area contributed by atoms with Crippen LogP contribution in [0.5, 0.6) is 17.2 Å². The third-order valence-electron chi connectivity index (χ3n) is 4.42. The topological polar surface area (TPSA) is 82.8 Å². The van der Waals surface area contributed by atoms with Crippen LogP contribution in [-0.2, 0) is 5.41 Å². The van der Waals surface area contributed by atoms with E-state index in [9.17, 15) is 4.79 Å². The summed E-state index contributed by atoms with van der Waals surface area (Å²) in [4.78, 5) is 12.7. The standard InChI is InChI=1S/C20H25ClN2O4/c1-20(2,12-6-7-16(25-3)18(8-12)27-5)11-23-19(24)13-9-14(21)15(22)10-17(13)26-4/h6-10H,11,22H2,1-5H3,(H,23,24). The average molecular weight is 393 g/mol. The first kappa shape index (κ1) is 20.7. The van der Waals surface area contributed by atoms with E-state index >= 15 is 0 Å². The highest BCUT2D eigenvalue weighted by Gasteiger charge is 2.24. The van der Waals surface area contributed by atoms with Crippen LogP contribution in [0.2, 0.25) is 5.02 Å². The van der Waals surface area contributed by atoms with Crippen molar-refractivity contribution in [2.45, 2.75) is 19.3 Å². The summed E-state index contributed by atoms with van der Waals surface area (Å²) < 4.78 is 15.9. The van der Waals surface area contributed by atoms with E-state index in [4.69, 9.17) is 31.5 Å². The number of ether oxygens (including phenoxy) is 3. The molecule has 0 aliphatic carbocycles. The largest absolute Gasteiger partial charge is 0.496 e. The Morgan fingerprint density at radius 1 is 1.04 bits per heavy atom. The van der Waals surface area contributed by atoms with Gasteiger partial charge in [0.1, 0.15) is 5.75 Å². The van der Waals surface area contributed by atoms with Crippen molar-refractivity contribution >= 4 is 23.2 Å². The Kier molecular flexibility index (Phi) is 6.44. The molecule has 0 aromatic heterocycles. The van der Waals surface area contributed by atoms with Crippen molar-refractivity contribution in [2.75, 3.05) is 33.6 Å². The minimum atomic E-state index is -0.347. The van der Waals surface area contributed by atoms with Crippen molar-refractivity contribution in [2.24, 2.45) is 0 Å². The summed E-state index contributed by atoms with van der Waals surface area (Å²) in [6.07, 6.45) is 0. The average Bonchev–Trinajstić information content (AvgIpc) is 2.67. The summed E-state index contributed by atoms with van der Waals surface area (Å²) in [7, 11) is 4.66. The molecule has 6 nitrogen and oxygen atoms in total. The van der Waals surface area contributed by atoms with Crippen LogP contribution in [0.15, 0.2) is 30.3 Å². The van der Waals surface area contributed by atoms with Gasteiger partial charge in [0.05, 0.1) is 37.6 Å². The van der Waals surface area contributed by atoms with Crippen LogP contribution < -0.4 is 25.3 Å². The summed E-state index contributed by atoms with van der Waals surface area (Å²) in [6.45, 7) is 4.45. The number of nitrogens with two attached hydrogens (primary N) is 1. The van der Waals surface area contributed by atoms with Gasteiger partial charge in [-0.2, -0.15) is 0 Å². The Morgan fingerprint density at radius 2 is 1.67 bits per heavy atom. The van der Waals surface area contributed by atoms with Gasteiger partial charge in [0, 0.05) is 18.0 Å². The third kappa shape index (κ3) is 4.57. The van der Waals surface area contributed by atoms with Gasteiger partial charge in [0.15, 0.2) is 11.5 Å². The van der Waals surface area contributed by atoms with Crippen molar-refractivity contribution in [3.05, 3.63) is 46.5 Å². The van der Waals surface area contributed by atoms with Gasteiger partial charge in [-0.05, 0) is 23.8 Å². The molecule has 1 amide bonds. The number of methoxy groups -OCH3 is 3. The van der Waals surface area contributed by atoms with E-state index in [1.54, 1.807) is 14.2 Å². The van der Waals surface area contributed by atoms with Crippen molar-refractivity contribution in [3.8, 4) is 17.2 Å². The lowest BCUT2D eigenvalue weighted by atomic mass is 9.84. The minimum absolute atomic E-state index is 0.290. The Bertz CT molecular complexity index is 837. The summed E-state index contributed by atoms with van der Waals surface area (Å²) in [6, 6.07) is 8.76. The molecule has 27 heavy (non-hydrogen) atoms. The van der Waals surface area contributed by atoms with Crippen LogP contribution in [0.4, 0.5) is 5.69 Å². The normalized spacial score (nSPS) is 11.0. The Labute approximate surface area is 164 Å². The molecule has 2 aromatic rings. The quantitative estimate of drug-likeness (QED) is 0.702. The van der Waals surface area contributed by atoms with Crippen molar-refractivity contribution in [3.63, 3.8) is 0 Å². The lowest BCUT2D eigenvalue weighted by molar-refractivity contribution is 0.0942. The van der Waals surface area contributed by atoms with Gasteiger partial charge >= 0.3 is 0 Å². The fraction of sp³-hybridized carbons (Fsp3) is 0.350. The zero-order valence-corrected chi connectivity index (χ0v) is 16.9. The summed E-state index contributed by atoms with van der Waals surface area (Å²) >= 11 is 6.05. The van der Waals surface area contributed by atoms with Gasteiger partial charge in [0.25, 0.3) is 5.91 Å². The summed E-state index contributed by atoms with van der Waals surface area (Å²) in [5.74, 6) is 1.38. The molecule has 0 heterocycles. The predicted molar refractivity (Wildman–Crippen MR) is 107 cm³/mol. The molecule has 2 rings (SSSR count).